The number of rotatable bonds is 15. The number of nitrogens with one attached hydrogen (secondary N) is 1. The molecule has 0 fully saturated rings. The lowest BCUT2D eigenvalue weighted by Crippen LogP contribution is -2.39. The van der Waals surface area contributed by atoms with Gasteiger partial charge in [0.2, 0.25) is 5.91 Å². The van der Waals surface area contributed by atoms with Gasteiger partial charge in [0.15, 0.2) is 0 Å². The molecule has 0 saturated carbocycles. The first-order valence-electron chi connectivity index (χ1n) is 9.15. The minimum absolute atomic E-state index is 0.179. The van der Waals surface area contributed by atoms with Gasteiger partial charge >= 0.3 is 5.97 Å². The molecule has 0 radical (unpaired) electrons. The Labute approximate surface area is 141 Å². The smallest absolute Gasteiger partial charge is 0.328 e. The summed E-state index contributed by atoms with van der Waals surface area (Å²) in [5.74, 6) is -0.581. The lowest BCUT2D eigenvalue weighted by molar-refractivity contribution is -0.147. The number of amides is 1. The van der Waals surface area contributed by atoms with Crippen molar-refractivity contribution in [3.8, 4) is 0 Å². The molecule has 0 aromatic carbocycles. The van der Waals surface area contributed by atoms with Crippen LogP contribution in [0.3, 0.4) is 0 Å². The van der Waals surface area contributed by atoms with Gasteiger partial charge in [-0.25, -0.2) is 4.79 Å². The van der Waals surface area contributed by atoms with E-state index in [9.17, 15) is 9.59 Å². The number of hydrogen-bond donors (Lipinski definition) is 1. The molecule has 0 rings (SSSR count). The Morgan fingerprint density at radius 1 is 0.913 bits per heavy atom. The quantitative estimate of drug-likeness (QED) is 0.368. The second kappa shape index (κ2) is 15.8. The fraction of sp³-hybridized carbons (Fsp3) is 0.889. The number of carbonyl (C=O) groups is 2. The largest absolute Gasteiger partial charge is 0.464 e. The molecule has 0 unspecified atom stereocenters. The number of ether oxygens (including phenoxy) is 2. The number of carbonyl (C=O) groups excluding carboxylic acids is 2. The Bertz CT molecular complexity index is 307. The van der Waals surface area contributed by atoms with Gasteiger partial charge < -0.3 is 14.8 Å². The molecule has 0 spiro atoms. The summed E-state index contributed by atoms with van der Waals surface area (Å²) in [6, 6.07) is -0.602. The van der Waals surface area contributed by atoms with Crippen LogP contribution in [0.15, 0.2) is 0 Å². The van der Waals surface area contributed by atoms with Gasteiger partial charge in [-0.1, -0.05) is 51.9 Å². The van der Waals surface area contributed by atoms with Crippen molar-refractivity contribution in [1.82, 2.24) is 5.32 Å². The molecule has 0 heterocycles. The molecule has 136 valence electrons. The molecule has 0 aromatic heterocycles. The molecule has 0 aliphatic carbocycles. The van der Waals surface area contributed by atoms with Crippen molar-refractivity contribution >= 4 is 11.9 Å². The molecule has 5 heteroatoms. The second-order valence-electron chi connectivity index (χ2n) is 5.88. The van der Waals surface area contributed by atoms with Crippen LogP contribution in [0, 0.1) is 0 Å². The Hall–Kier alpha value is -1.10. The zero-order valence-corrected chi connectivity index (χ0v) is 15.2. The van der Waals surface area contributed by atoms with E-state index >= 15 is 0 Å². The molecule has 1 N–H and O–H groups in total. The third-order valence-corrected chi connectivity index (χ3v) is 3.63. The second-order valence-corrected chi connectivity index (χ2v) is 5.88. The molecule has 0 bridgehead atoms. The van der Waals surface area contributed by atoms with Gasteiger partial charge in [-0.15, -0.1) is 0 Å². The molecule has 5 nitrogen and oxygen atoms in total. The molecule has 0 aliphatic rings. The van der Waals surface area contributed by atoms with Crippen molar-refractivity contribution in [1.29, 1.82) is 0 Å². The van der Waals surface area contributed by atoms with Gasteiger partial charge in [0.25, 0.3) is 0 Å². The molecule has 1 amide bonds. The third kappa shape index (κ3) is 14.2. The van der Waals surface area contributed by atoms with Crippen LogP contribution >= 0.6 is 0 Å². The minimum atomic E-state index is -0.602. The average Bonchev–Trinajstić information content (AvgIpc) is 2.52. The highest BCUT2D eigenvalue weighted by Crippen LogP contribution is 2.08. The number of hydrogen-bond acceptors (Lipinski definition) is 4. The lowest BCUT2D eigenvalue weighted by Gasteiger charge is -2.12. The van der Waals surface area contributed by atoms with E-state index in [2.05, 4.69) is 12.2 Å². The molecule has 1 atom stereocenters. The minimum Gasteiger partial charge on any atom is -0.464 e. The first-order valence-corrected chi connectivity index (χ1v) is 9.15. The van der Waals surface area contributed by atoms with Gasteiger partial charge in [-0.05, 0) is 20.3 Å². The summed E-state index contributed by atoms with van der Waals surface area (Å²) in [6.07, 6.45) is 10.4. The Morgan fingerprint density at radius 3 is 2.13 bits per heavy atom. The summed E-state index contributed by atoms with van der Waals surface area (Å²) in [6.45, 7) is 7.02. The van der Waals surface area contributed by atoms with Crippen LogP contribution in [-0.4, -0.2) is 37.7 Å². The fourth-order valence-corrected chi connectivity index (χ4v) is 2.24. The van der Waals surface area contributed by atoms with E-state index in [4.69, 9.17) is 9.47 Å². The van der Waals surface area contributed by atoms with Crippen LogP contribution in [0.5, 0.6) is 0 Å². The van der Waals surface area contributed by atoms with E-state index in [-0.39, 0.29) is 12.3 Å². The summed E-state index contributed by atoms with van der Waals surface area (Å²) in [5.41, 5.74) is 0. The van der Waals surface area contributed by atoms with E-state index < -0.39 is 12.0 Å². The highest BCUT2D eigenvalue weighted by Gasteiger charge is 2.15. The maximum absolute atomic E-state index is 11.6. The van der Waals surface area contributed by atoms with Gasteiger partial charge in [-0.2, -0.15) is 0 Å². The number of unbranched alkanes of at least 4 members (excludes halogenated alkanes) is 7. The van der Waals surface area contributed by atoms with E-state index in [0.29, 0.717) is 19.8 Å². The fourth-order valence-electron chi connectivity index (χ4n) is 2.24. The lowest BCUT2D eigenvalue weighted by atomic mass is 10.1. The monoisotopic (exact) mass is 329 g/mol. The maximum atomic E-state index is 11.6. The average molecular weight is 329 g/mol. The normalized spacial score (nSPS) is 12.0. The van der Waals surface area contributed by atoms with Crippen LogP contribution in [-0.2, 0) is 19.1 Å². The van der Waals surface area contributed by atoms with Crippen molar-refractivity contribution < 1.29 is 19.1 Å². The molecule has 0 saturated heterocycles. The summed E-state index contributed by atoms with van der Waals surface area (Å²) < 4.78 is 10.3. The summed E-state index contributed by atoms with van der Waals surface area (Å²) >= 11 is 0. The predicted molar refractivity (Wildman–Crippen MR) is 92.3 cm³/mol. The first kappa shape index (κ1) is 21.9. The van der Waals surface area contributed by atoms with Crippen LogP contribution < -0.4 is 5.32 Å². The summed E-state index contributed by atoms with van der Waals surface area (Å²) in [7, 11) is 0. The summed E-state index contributed by atoms with van der Waals surface area (Å²) in [5, 5.41) is 2.61. The topological polar surface area (TPSA) is 64.6 Å². The van der Waals surface area contributed by atoms with Gasteiger partial charge in [0, 0.05) is 13.0 Å². The van der Waals surface area contributed by atoms with Crippen molar-refractivity contribution in [2.75, 3.05) is 19.8 Å². The van der Waals surface area contributed by atoms with Crippen molar-refractivity contribution in [3.05, 3.63) is 0 Å². The standard InChI is InChI=1S/C18H35NO4/c1-4-6-7-8-9-10-11-12-14-22-15-13-17(20)19-16(3)18(21)23-5-2/h16H,4-15H2,1-3H3,(H,19,20)/t16-/m1/s1. The Morgan fingerprint density at radius 2 is 1.52 bits per heavy atom. The van der Waals surface area contributed by atoms with Gasteiger partial charge in [-0.3, -0.25) is 4.79 Å². The highest BCUT2D eigenvalue weighted by atomic mass is 16.5. The molecular weight excluding hydrogens is 294 g/mol. The van der Waals surface area contributed by atoms with Crippen LogP contribution in [0.2, 0.25) is 0 Å². The molecule has 23 heavy (non-hydrogen) atoms. The zero-order chi connectivity index (χ0) is 17.3. The van der Waals surface area contributed by atoms with E-state index in [1.165, 1.54) is 44.9 Å². The Kier molecular flexibility index (Phi) is 15.0. The zero-order valence-electron chi connectivity index (χ0n) is 15.2. The van der Waals surface area contributed by atoms with E-state index in [1.807, 2.05) is 0 Å². The van der Waals surface area contributed by atoms with Gasteiger partial charge in [0.1, 0.15) is 6.04 Å². The summed E-state index contributed by atoms with van der Waals surface area (Å²) in [4.78, 5) is 23.0. The van der Waals surface area contributed by atoms with E-state index in [0.717, 1.165) is 6.42 Å². The third-order valence-electron chi connectivity index (χ3n) is 3.63. The molecule has 0 aromatic rings. The first-order chi connectivity index (χ1) is 11.1. The van der Waals surface area contributed by atoms with E-state index in [1.54, 1.807) is 13.8 Å². The SMILES string of the molecule is CCCCCCCCCCOCCC(=O)N[C@H](C)C(=O)OCC. The Balaban J connectivity index is 3.37. The van der Waals surface area contributed by atoms with Crippen LogP contribution in [0.4, 0.5) is 0 Å². The predicted octanol–water partition coefficient (Wildman–Crippen LogP) is 3.60. The highest BCUT2D eigenvalue weighted by molar-refractivity contribution is 5.84. The van der Waals surface area contributed by atoms with Crippen molar-refractivity contribution in [3.63, 3.8) is 0 Å². The van der Waals surface area contributed by atoms with Crippen molar-refractivity contribution in [2.45, 2.75) is 84.6 Å². The van der Waals surface area contributed by atoms with Gasteiger partial charge in [0.05, 0.1) is 13.2 Å². The molecule has 0 aliphatic heterocycles. The van der Waals surface area contributed by atoms with Crippen molar-refractivity contribution in [2.24, 2.45) is 0 Å². The van der Waals surface area contributed by atoms with Crippen LogP contribution in [0.25, 0.3) is 0 Å². The molecular formula is C18H35NO4. The van der Waals surface area contributed by atoms with Crippen LogP contribution in [0.1, 0.15) is 78.6 Å². The maximum Gasteiger partial charge on any atom is 0.328 e. The number of esters is 1.